The number of benzene rings is 2. The van der Waals surface area contributed by atoms with E-state index in [9.17, 15) is 9.59 Å². The summed E-state index contributed by atoms with van der Waals surface area (Å²) in [6.07, 6.45) is 2.89. The van der Waals surface area contributed by atoms with Gasteiger partial charge in [0.15, 0.2) is 10.3 Å². The first-order chi connectivity index (χ1) is 22.6. The summed E-state index contributed by atoms with van der Waals surface area (Å²) >= 11 is 5.20. The van der Waals surface area contributed by atoms with Crippen LogP contribution in [0.5, 0.6) is 11.5 Å². The molecule has 0 bridgehead atoms. The molecule has 0 aliphatic carbocycles. The van der Waals surface area contributed by atoms with E-state index in [0.717, 1.165) is 28.9 Å². The van der Waals surface area contributed by atoms with E-state index in [0.29, 0.717) is 33.8 Å². The molecule has 4 aromatic rings. The molecule has 0 radical (unpaired) electrons. The van der Waals surface area contributed by atoms with Gasteiger partial charge >= 0.3 is 0 Å². The summed E-state index contributed by atoms with van der Waals surface area (Å²) in [6, 6.07) is 15.1. The zero-order chi connectivity index (χ0) is 34.8. The van der Waals surface area contributed by atoms with Crippen molar-refractivity contribution in [1.82, 2.24) is 25.0 Å². The van der Waals surface area contributed by atoms with Gasteiger partial charge < -0.3 is 20.9 Å². The van der Waals surface area contributed by atoms with E-state index in [-0.39, 0.29) is 28.9 Å². The first-order valence-corrected chi connectivity index (χ1v) is 17.6. The third-order valence-corrected chi connectivity index (χ3v) is 8.12. The highest BCUT2D eigenvalue weighted by molar-refractivity contribution is 14.1. The second-order valence-electron chi connectivity index (χ2n) is 8.88. The number of hydrogen-bond donors (Lipinski definition) is 2. The van der Waals surface area contributed by atoms with Gasteiger partial charge in [-0.25, -0.2) is 25.0 Å². The standard InChI is InChI=1S/C15H17N3O2S.C9H14N4O2S.C8H9IO/c1-3-20-12-8-6-5-7-10(12)13(19)11-9-17-15(21-4-2)18-14(11)16;1-4-16-9-11-5-6(7(10)12-9)8(14)13(2)15-3;1-2-10-8-6-4-3-5-7(8)9/h5-9H,3-4H2,1-2H3,(H2,16,17,18);5H,4H2,1-3H3,(H2,10,11,12);3-6H,2H2,1H3. The smallest absolute Gasteiger partial charge is 0.282 e. The SMILES string of the molecule is CCOc1ccccc1C(=O)c1cnc(SCC)nc1N.CCOc1ccccc1I.CCSc1ncc(C(=O)N(C)OC)c(N)n1. The molecule has 0 saturated carbocycles. The number of carbonyl (C=O) groups excluding carboxylic acids is 2. The number of ether oxygens (including phenoxy) is 2. The predicted molar refractivity (Wildman–Crippen MR) is 196 cm³/mol. The van der Waals surface area contributed by atoms with Crippen LogP contribution in [-0.2, 0) is 4.84 Å². The molecule has 1 amide bonds. The van der Waals surface area contributed by atoms with Crippen molar-refractivity contribution in [2.45, 2.75) is 38.0 Å². The van der Waals surface area contributed by atoms with Crippen molar-refractivity contribution in [2.75, 3.05) is 50.3 Å². The van der Waals surface area contributed by atoms with E-state index in [4.69, 9.17) is 25.8 Å². The van der Waals surface area contributed by atoms with Crippen LogP contribution in [0.2, 0.25) is 0 Å². The molecule has 12 nitrogen and oxygen atoms in total. The Labute approximate surface area is 297 Å². The minimum atomic E-state index is -0.368. The minimum absolute atomic E-state index is 0.167. The molecule has 0 fully saturated rings. The maximum absolute atomic E-state index is 12.6. The van der Waals surface area contributed by atoms with Crippen molar-refractivity contribution in [3.63, 3.8) is 0 Å². The topological polar surface area (TPSA) is 169 Å². The maximum Gasteiger partial charge on any atom is 0.282 e. The van der Waals surface area contributed by atoms with Crippen molar-refractivity contribution in [1.29, 1.82) is 0 Å². The van der Waals surface area contributed by atoms with E-state index in [1.807, 2.05) is 58.0 Å². The third kappa shape index (κ3) is 12.5. The van der Waals surface area contributed by atoms with Crippen LogP contribution in [0.3, 0.4) is 0 Å². The van der Waals surface area contributed by atoms with E-state index in [2.05, 4.69) is 42.5 Å². The summed E-state index contributed by atoms with van der Waals surface area (Å²) < 4.78 is 12.0. The number of anilines is 2. The monoisotopic (exact) mass is 793 g/mol. The van der Waals surface area contributed by atoms with Crippen molar-refractivity contribution in [2.24, 2.45) is 0 Å². The van der Waals surface area contributed by atoms with Crippen LogP contribution in [0, 0.1) is 3.57 Å². The van der Waals surface area contributed by atoms with Gasteiger partial charge in [0.25, 0.3) is 5.91 Å². The minimum Gasteiger partial charge on any atom is -0.493 e. The number of rotatable bonds is 12. The number of hydrogen-bond acceptors (Lipinski definition) is 13. The van der Waals surface area contributed by atoms with Crippen LogP contribution in [0.4, 0.5) is 11.6 Å². The molecule has 0 spiro atoms. The van der Waals surface area contributed by atoms with Crippen molar-refractivity contribution < 1.29 is 23.9 Å². The third-order valence-electron chi connectivity index (χ3n) is 5.74. The summed E-state index contributed by atoms with van der Waals surface area (Å²) in [5.41, 5.74) is 12.6. The van der Waals surface area contributed by atoms with Gasteiger partial charge in [-0.1, -0.05) is 61.6 Å². The van der Waals surface area contributed by atoms with E-state index in [1.54, 1.807) is 18.2 Å². The van der Waals surface area contributed by atoms with Crippen molar-refractivity contribution >= 4 is 69.4 Å². The number of thioether (sulfide) groups is 2. The molecule has 4 rings (SSSR count). The number of para-hydroxylation sites is 2. The van der Waals surface area contributed by atoms with Crippen LogP contribution in [0.15, 0.2) is 71.2 Å². The first-order valence-electron chi connectivity index (χ1n) is 14.6. The molecular formula is C32H40IN7O5S2. The predicted octanol–water partition coefficient (Wildman–Crippen LogP) is 6.29. The Kier molecular flexibility index (Phi) is 17.9. The number of nitrogen functional groups attached to an aromatic ring is 2. The Bertz CT molecular complexity index is 1600. The average Bonchev–Trinajstić information content (AvgIpc) is 3.06. The zero-order valence-corrected chi connectivity index (χ0v) is 31.0. The Hall–Kier alpha value is -3.67. The van der Waals surface area contributed by atoms with Gasteiger partial charge in [0.05, 0.1) is 35.0 Å². The normalized spacial score (nSPS) is 10.1. The fraction of sp³-hybridized carbons (Fsp3) is 0.312. The van der Waals surface area contributed by atoms with E-state index in [1.165, 1.54) is 53.6 Å². The highest BCUT2D eigenvalue weighted by Gasteiger charge is 2.19. The fourth-order valence-corrected chi connectivity index (χ4v) is 5.18. The molecule has 0 aliphatic heterocycles. The highest BCUT2D eigenvalue weighted by Crippen LogP contribution is 2.24. The van der Waals surface area contributed by atoms with Crippen molar-refractivity contribution in [3.05, 3.63) is 81.2 Å². The second kappa shape index (κ2) is 21.3. The number of carbonyl (C=O) groups is 2. The van der Waals surface area contributed by atoms with E-state index >= 15 is 0 Å². The average molecular weight is 794 g/mol. The van der Waals surface area contributed by atoms with Gasteiger partial charge in [-0.15, -0.1) is 0 Å². The molecule has 15 heteroatoms. The summed E-state index contributed by atoms with van der Waals surface area (Å²) in [6.45, 7) is 9.07. The zero-order valence-electron chi connectivity index (χ0n) is 27.2. The Morgan fingerprint density at radius 2 is 1.26 bits per heavy atom. The Morgan fingerprint density at radius 1 is 0.766 bits per heavy atom. The number of ketones is 1. The Morgan fingerprint density at radius 3 is 1.74 bits per heavy atom. The summed E-state index contributed by atoms with van der Waals surface area (Å²) in [5.74, 6) is 2.97. The second-order valence-corrected chi connectivity index (χ2v) is 12.5. The molecule has 0 unspecified atom stereocenters. The molecule has 4 N–H and O–H groups in total. The van der Waals surface area contributed by atoms with Crippen molar-refractivity contribution in [3.8, 4) is 11.5 Å². The fourth-order valence-electron chi connectivity index (χ4n) is 3.54. The molecule has 47 heavy (non-hydrogen) atoms. The van der Waals surface area contributed by atoms with Gasteiger partial charge in [0.1, 0.15) is 28.7 Å². The molecule has 0 atom stereocenters. The number of nitrogens with zero attached hydrogens (tertiary/aromatic N) is 5. The molecule has 252 valence electrons. The maximum atomic E-state index is 12.6. The number of nitrogens with two attached hydrogens (primary N) is 2. The molecule has 0 saturated heterocycles. The lowest BCUT2D eigenvalue weighted by Gasteiger charge is -2.14. The number of hydroxylamine groups is 2. The number of halogens is 1. The van der Waals surface area contributed by atoms with Crippen LogP contribution < -0.4 is 20.9 Å². The summed E-state index contributed by atoms with van der Waals surface area (Å²) in [5, 5.41) is 2.21. The molecular weight excluding hydrogens is 753 g/mol. The van der Waals surface area contributed by atoms with Gasteiger partial charge in [0, 0.05) is 19.4 Å². The lowest BCUT2D eigenvalue weighted by molar-refractivity contribution is -0.0756. The first kappa shape index (κ1) is 39.5. The van der Waals surface area contributed by atoms with Crippen LogP contribution in [0.1, 0.15) is 54.0 Å². The summed E-state index contributed by atoms with van der Waals surface area (Å²) in [4.78, 5) is 45.4. The molecule has 2 heterocycles. The molecule has 2 aromatic carbocycles. The summed E-state index contributed by atoms with van der Waals surface area (Å²) in [7, 11) is 2.90. The van der Waals surface area contributed by atoms with Gasteiger partial charge in [-0.3, -0.25) is 14.4 Å². The molecule has 0 aliphatic rings. The number of aromatic nitrogens is 4. The quantitative estimate of drug-likeness (QED) is 0.0540. The van der Waals surface area contributed by atoms with Gasteiger partial charge in [0.2, 0.25) is 5.78 Å². The lowest BCUT2D eigenvalue weighted by Crippen LogP contribution is -2.26. The highest BCUT2D eigenvalue weighted by atomic mass is 127. The Balaban J connectivity index is 0.000000261. The number of amides is 1. The van der Waals surface area contributed by atoms with Crippen LogP contribution in [0.25, 0.3) is 0 Å². The van der Waals surface area contributed by atoms with Gasteiger partial charge in [-0.2, -0.15) is 0 Å². The van der Waals surface area contributed by atoms with E-state index < -0.39 is 0 Å². The van der Waals surface area contributed by atoms with Gasteiger partial charge in [-0.05, 0) is 72.2 Å². The lowest BCUT2D eigenvalue weighted by atomic mass is 10.0. The van der Waals surface area contributed by atoms with Crippen LogP contribution >= 0.6 is 46.1 Å². The van der Waals surface area contributed by atoms with Crippen LogP contribution in [-0.4, -0.2) is 75.6 Å². The molecule has 2 aromatic heterocycles. The largest absolute Gasteiger partial charge is 0.493 e.